The van der Waals surface area contributed by atoms with E-state index in [1.54, 1.807) is 41.5 Å². The molecule has 2 atom stereocenters. The maximum absolute atomic E-state index is 12.7. The van der Waals surface area contributed by atoms with Gasteiger partial charge in [-0.05, 0) is 52.7 Å². The smallest absolute Gasteiger partial charge is 0.411 e. The van der Waals surface area contributed by atoms with E-state index in [-0.39, 0.29) is 52.5 Å². The summed E-state index contributed by atoms with van der Waals surface area (Å²) in [6.07, 6.45) is -2.47. The number of carbonyl (C=O) groups is 6. The van der Waals surface area contributed by atoms with Crippen LogP contribution in [0.4, 0.5) is 19.2 Å². The molecule has 2 fully saturated rings. The molecular weight excluding hydrogens is 718 g/mol. The fourth-order valence-electron chi connectivity index (χ4n) is 5.32. The number of nitrogens with zero attached hydrogens (tertiary/aromatic N) is 5. The van der Waals surface area contributed by atoms with Crippen LogP contribution in [0.5, 0.6) is 0 Å². The molecule has 0 radical (unpaired) electrons. The highest BCUT2D eigenvalue weighted by atomic mass is 16.7. The normalized spacial score (nSPS) is 17.2. The van der Waals surface area contributed by atoms with Gasteiger partial charge in [0.15, 0.2) is 6.04 Å². The number of carbonyl (C=O) groups excluding carboxylic acids is 5. The lowest BCUT2D eigenvalue weighted by molar-refractivity contribution is -0.176. The van der Waals surface area contributed by atoms with Crippen molar-refractivity contribution in [3.05, 3.63) is 71.8 Å². The van der Waals surface area contributed by atoms with Gasteiger partial charge < -0.3 is 33.9 Å². The maximum Gasteiger partial charge on any atom is 0.411 e. The number of aliphatic carboxylic acids is 1. The number of hydrogen-bond donors (Lipinski definition) is 1. The average Bonchev–Trinajstić information content (AvgIpc) is 3.14. The molecule has 17 heteroatoms. The summed E-state index contributed by atoms with van der Waals surface area (Å²) in [5.74, 6) is -1.66. The molecular formula is C38H53N5O12. The standard InChI is InChI=1S/C20H29N3O6.C18H24N2O6/c1-20(2,3)29-19(26)23-12-11-22(13-16(23)17(24)21(4)27-5)18(25)28-14-15-9-7-6-8-10-15;1-18(2,3)26-17(24)20-10-9-19(11-14(20)15(21)22)16(23)25-12-13-7-5-4-6-8-13/h6-10,16H,11-14H2,1-5H3;4-8,14H,9-12H2,1-3H3,(H,21,22)/t16-;14-/m11/s1. The second-order valence-corrected chi connectivity index (χ2v) is 14.7. The predicted octanol–water partition coefficient (Wildman–Crippen LogP) is 4.59. The SMILES string of the molecule is CC(C)(C)OC(=O)N1CCN(C(=O)OCc2ccccc2)C[C@@H]1C(=O)O.CON(C)C(=O)[C@H]1CN(C(=O)OCc2ccccc2)CCN1C(=O)OC(C)(C)C. The molecule has 0 unspecified atom stereocenters. The summed E-state index contributed by atoms with van der Waals surface area (Å²) in [5.41, 5.74) is 0.262. The zero-order chi connectivity index (χ0) is 40.9. The van der Waals surface area contributed by atoms with Crippen LogP contribution in [-0.4, -0.2) is 143 Å². The first-order chi connectivity index (χ1) is 25.8. The van der Waals surface area contributed by atoms with Crippen molar-refractivity contribution in [3.8, 4) is 0 Å². The Morgan fingerprint density at radius 1 is 0.636 bits per heavy atom. The van der Waals surface area contributed by atoms with E-state index in [0.717, 1.165) is 21.1 Å². The van der Waals surface area contributed by atoms with E-state index in [2.05, 4.69) is 0 Å². The van der Waals surface area contributed by atoms with E-state index in [1.807, 2.05) is 60.7 Å². The number of hydroxylamine groups is 2. The lowest BCUT2D eigenvalue weighted by atomic mass is 10.1. The Morgan fingerprint density at radius 2 is 1.02 bits per heavy atom. The topological polar surface area (TPSA) is 185 Å². The lowest BCUT2D eigenvalue weighted by Gasteiger charge is -2.41. The summed E-state index contributed by atoms with van der Waals surface area (Å²) in [7, 11) is 2.80. The van der Waals surface area contributed by atoms with Crippen molar-refractivity contribution >= 4 is 36.2 Å². The minimum atomic E-state index is -1.20. The third-order valence-corrected chi connectivity index (χ3v) is 8.10. The van der Waals surface area contributed by atoms with Crippen LogP contribution in [0.25, 0.3) is 0 Å². The molecule has 2 heterocycles. The summed E-state index contributed by atoms with van der Waals surface area (Å²) >= 11 is 0. The van der Waals surface area contributed by atoms with Gasteiger partial charge in [-0.2, -0.15) is 0 Å². The number of amides is 5. The zero-order valence-corrected chi connectivity index (χ0v) is 32.8. The molecule has 2 aliphatic heterocycles. The van der Waals surface area contributed by atoms with Crippen molar-refractivity contribution in [1.82, 2.24) is 24.7 Å². The number of benzene rings is 2. The third kappa shape index (κ3) is 14.0. The summed E-state index contributed by atoms with van der Waals surface area (Å²) in [6, 6.07) is 16.4. The number of carboxylic acid groups (broad SMARTS) is 1. The van der Waals surface area contributed by atoms with Gasteiger partial charge in [0, 0.05) is 33.2 Å². The first-order valence-electron chi connectivity index (χ1n) is 17.7. The Kier molecular flexibility index (Phi) is 15.7. The lowest BCUT2D eigenvalue weighted by Crippen LogP contribution is -2.62. The van der Waals surface area contributed by atoms with Crippen molar-refractivity contribution in [1.29, 1.82) is 0 Å². The first kappa shape index (κ1) is 43.8. The molecule has 2 aliphatic rings. The van der Waals surface area contributed by atoms with Gasteiger partial charge in [-0.25, -0.2) is 29.0 Å². The summed E-state index contributed by atoms with van der Waals surface area (Å²) in [5, 5.41) is 10.5. The van der Waals surface area contributed by atoms with Gasteiger partial charge in [0.2, 0.25) is 0 Å². The monoisotopic (exact) mass is 771 g/mol. The molecule has 0 bridgehead atoms. The number of hydrogen-bond acceptors (Lipinski definition) is 11. The Labute approximate surface area is 321 Å². The molecule has 0 aliphatic carbocycles. The van der Waals surface area contributed by atoms with Crippen LogP contribution >= 0.6 is 0 Å². The van der Waals surface area contributed by atoms with Gasteiger partial charge in [0.25, 0.3) is 5.91 Å². The number of likely N-dealkylation sites (N-methyl/N-ethyl adjacent to an activating group) is 1. The molecule has 302 valence electrons. The van der Waals surface area contributed by atoms with Crippen molar-refractivity contribution in [3.63, 3.8) is 0 Å². The minimum absolute atomic E-state index is 0.0145. The van der Waals surface area contributed by atoms with Crippen molar-refractivity contribution in [2.75, 3.05) is 53.4 Å². The summed E-state index contributed by atoms with van der Waals surface area (Å²) in [6.45, 7) is 11.0. The molecule has 1 N–H and O–H groups in total. The van der Waals surface area contributed by atoms with Crippen LogP contribution < -0.4 is 0 Å². The molecule has 4 rings (SSSR count). The fourth-order valence-corrected chi connectivity index (χ4v) is 5.32. The van der Waals surface area contributed by atoms with Crippen molar-refractivity contribution in [2.45, 2.75) is 78.0 Å². The Balaban J connectivity index is 0.000000297. The van der Waals surface area contributed by atoms with E-state index < -0.39 is 59.5 Å². The van der Waals surface area contributed by atoms with E-state index >= 15 is 0 Å². The predicted molar refractivity (Wildman–Crippen MR) is 197 cm³/mol. The van der Waals surface area contributed by atoms with Crippen molar-refractivity contribution in [2.24, 2.45) is 0 Å². The number of rotatable bonds is 7. The molecule has 2 aromatic rings. The van der Waals surface area contributed by atoms with Gasteiger partial charge in [0.1, 0.15) is 30.5 Å². The molecule has 17 nitrogen and oxygen atoms in total. The summed E-state index contributed by atoms with van der Waals surface area (Å²) in [4.78, 5) is 83.9. The second kappa shape index (κ2) is 19.7. The zero-order valence-electron chi connectivity index (χ0n) is 32.8. The van der Waals surface area contributed by atoms with E-state index in [4.69, 9.17) is 23.8 Å². The number of ether oxygens (including phenoxy) is 4. The van der Waals surface area contributed by atoms with Crippen LogP contribution in [0.1, 0.15) is 52.7 Å². The summed E-state index contributed by atoms with van der Waals surface area (Å²) < 4.78 is 21.2. The van der Waals surface area contributed by atoms with Gasteiger partial charge >= 0.3 is 30.3 Å². The van der Waals surface area contributed by atoms with Crippen LogP contribution in [-0.2, 0) is 46.6 Å². The average molecular weight is 772 g/mol. The molecule has 0 spiro atoms. The van der Waals surface area contributed by atoms with Gasteiger partial charge in [-0.1, -0.05) is 60.7 Å². The van der Waals surface area contributed by atoms with Gasteiger partial charge in [-0.3, -0.25) is 19.4 Å². The molecule has 2 saturated heterocycles. The Bertz CT molecular complexity index is 1610. The van der Waals surface area contributed by atoms with Crippen LogP contribution in [0, 0.1) is 0 Å². The maximum atomic E-state index is 12.7. The first-order valence-corrected chi connectivity index (χ1v) is 17.7. The van der Waals surface area contributed by atoms with E-state index in [0.29, 0.717) is 0 Å². The molecule has 0 aromatic heterocycles. The minimum Gasteiger partial charge on any atom is -0.480 e. The molecule has 55 heavy (non-hydrogen) atoms. The van der Waals surface area contributed by atoms with Crippen LogP contribution in [0.2, 0.25) is 0 Å². The van der Waals surface area contributed by atoms with Gasteiger partial charge in [-0.15, -0.1) is 0 Å². The van der Waals surface area contributed by atoms with Gasteiger partial charge in [0.05, 0.1) is 20.2 Å². The third-order valence-electron chi connectivity index (χ3n) is 8.10. The van der Waals surface area contributed by atoms with Crippen molar-refractivity contribution < 1.29 is 57.7 Å². The molecule has 5 amide bonds. The Hall–Kier alpha value is -5.58. The molecule has 2 aromatic carbocycles. The van der Waals surface area contributed by atoms with E-state index in [9.17, 15) is 33.9 Å². The van der Waals surface area contributed by atoms with Crippen LogP contribution in [0.3, 0.4) is 0 Å². The number of piperazine rings is 2. The Morgan fingerprint density at radius 3 is 1.38 bits per heavy atom. The largest absolute Gasteiger partial charge is 0.480 e. The number of carboxylic acids is 1. The molecule has 0 saturated carbocycles. The van der Waals surface area contributed by atoms with E-state index in [1.165, 1.54) is 28.9 Å². The highest BCUT2D eigenvalue weighted by molar-refractivity contribution is 5.86. The fraction of sp³-hybridized carbons (Fsp3) is 0.526. The second-order valence-electron chi connectivity index (χ2n) is 14.7. The van der Waals surface area contributed by atoms with Crippen LogP contribution in [0.15, 0.2) is 60.7 Å². The quantitative estimate of drug-likeness (QED) is 0.306. The highest BCUT2D eigenvalue weighted by Gasteiger charge is 2.41. The highest BCUT2D eigenvalue weighted by Crippen LogP contribution is 2.20.